The number of hydrogen-bond acceptors (Lipinski definition) is 4. The summed E-state index contributed by atoms with van der Waals surface area (Å²) in [7, 11) is 0. The molecule has 0 spiro atoms. The zero-order valence-corrected chi connectivity index (χ0v) is 9.71. The number of benzene rings is 1. The maximum Gasteiger partial charge on any atom is 0.478 e. The summed E-state index contributed by atoms with van der Waals surface area (Å²) in [5.41, 5.74) is -1.50. The fourth-order valence-corrected chi connectivity index (χ4v) is 1.62. The lowest BCUT2D eigenvalue weighted by atomic mass is 10.1. The highest BCUT2D eigenvalue weighted by atomic mass is 19.4. The molecule has 0 atom stereocenters. The van der Waals surface area contributed by atoms with Crippen LogP contribution < -0.4 is 0 Å². The molecule has 1 aliphatic heterocycles. The van der Waals surface area contributed by atoms with Gasteiger partial charge in [0.15, 0.2) is 0 Å². The number of esters is 2. The van der Waals surface area contributed by atoms with Crippen LogP contribution in [0.3, 0.4) is 0 Å². The van der Waals surface area contributed by atoms with Crippen LogP contribution in [0.4, 0.5) is 26.3 Å². The predicted molar refractivity (Wildman–Crippen MR) is 52.1 cm³/mol. The van der Waals surface area contributed by atoms with Gasteiger partial charge in [-0.25, -0.2) is 9.59 Å². The summed E-state index contributed by atoms with van der Waals surface area (Å²) in [6.07, 6.45) is -12.4. The molecule has 0 radical (unpaired) electrons. The molecule has 0 unspecified atom stereocenters. The summed E-state index contributed by atoms with van der Waals surface area (Å²) >= 11 is 0. The normalized spacial score (nSPS) is 18.4. The smallest absolute Gasteiger partial charge is 0.403 e. The van der Waals surface area contributed by atoms with Crippen molar-refractivity contribution in [2.75, 3.05) is 0 Å². The van der Waals surface area contributed by atoms with Crippen molar-refractivity contribution in [3.63, 3.8) is 0 Å². The second-order valence-corrected chi connectivity index (χ2v) is 3.94. The molecule has 0 bridgehead atoms. The van der Waals surface area contributed by atoms with Gasteiger partial charge in [-0.15, -0.1) is 0 Å². The molecule has 0 N–H and O–H groups in total. The minimum absolute atomic E-state index is 0.752. The van der Waals surface area contributed by atoms with Gasteiger partial charge < -0.3 is 9.47 Å². The van der Waals surface area contributed by atoms with E-state index in [4.69, 9.17) is 0 Å². The van der Waals surface area contributed by atoms with Gasteiger partial charge in [-0.2, -0.15) is 26.3 Å². The van der Waals surface area contributed by atoms with Gasteiger partial charge in [0, 0.05) is 0 Å². The van der Waals surface area contributed by atoms with Crippen molar-refractivity contribution in [1.29, 1.82) is 0 Å². The maximum absolute atomic E-state index is 12.8. The van der Waals surface area contributed by atoms with Crippen LogP contribution in [0, 0.1) is 0 Å². The van der Waals surface area contributed by atoms with Gasteiger partial charge in [-0.3, -0.25) is 0 Å². The van der Waals surface area contributed by atoms with Gasteiger partial charge in [0.05, 0.1) is 11.1 Å². The molecule has 0 saturated heterocycles. The standard InChI is InChI=1S/C11H4F6O4/c12-10(13,14)9(11(15,16)17)20-7(18)5-3-1-2-4-6(5)8(19)21-9/h1-4H. The van der Waals surface area contributed by atoms with Crippen LogP contribution in [0.15, 0.2) is 24.3 Å². The summed E-state index contributed by atoms with van der Waals surface area (Å²) < 4.78 is 83.6. The topological polar surface area (TPSA) is 52.6 Å². The van der Waals surface area contributed by atoms with Crippen molar-refractivity contribution in [2.45, 2.75) is 18.1 Å². The Morgan fingerprint density at radius 3 is 1.38 bits per heavy atom. The summed E-state index contributed by atoms with van der Waals surface area (Å²) in [5.74, 6) is -9.27. The lowest BCUT2D eigenvalue weighted by Crippen LogP contribution is -2.61. The van der Waals surface area contributed by atoms with Crippen LogP contribution in [0.5, 0.6) is 0 Å². The zero-order valence-electron chi connectivity index (χ0n) is 9.71. The molecule has 1 aromatic rings. The number of rotatable bonds is 0. The van der Waals surface area contributed by atoms with Crippen molar-refractivity contribution in [3.8, 4) is 0 Å². The van der Waals surface area contributed by atoms with E-state index in [1.165, 1.54) is 0 Å². The number of cyclic esters (lactones) is 2. The van der Waals surface area contributed by atoms with Gasteiger partial charge in [0.1, 0.15) is 0 Å². The minimum atomic E-state index is -6.20. The molecular formula is C11H4F6O4. The van der Waals surface area contributed by atoms with Crippen LogP contribution in [0.2, 0.25) is 0 Å². The van der Waals surface area contributed by atoms with E-state index in [0.29, 0.717) is 0 Å². The highest BCUT2D eigenvalue weighted by molar-refractivity contribution is 6.04. The number of hydrogen-bond donors (Lipinski definition) is 0. The Bertz CT molecular complexity index is 550. The molecule has 21 heavy (non-hydrogen) atoms. The average molecular weight is 314 g/mol. The SMILES string of the molecule is O=C1OC(C(F)(F)F)(C(F)(F)F)OC(=O)c2ccccc21. The molecule has 1 aliphatic rings. The molecule has 1 aromatic carbocycles. The summed E-state index contributed by atoms with van der Waals surface area (Å²) in [6.45, 7) is 0. The number of fused-ring (bicyclic) bond motifs is 1. The Morgan fingerprint density at radius 1 is 0.762 bits per heavy atom. The molecule has 1 heterocycles. The van der Waals surface area contributed by atoms with Crippen LogP contribution in [0.1, 0.15) is 20.7 Å². The number of carbonyl (C=O) groups is 2. The second-order valence-electron chi connectivity index (χ2n) is 3.94. The van der Waals surface area contributed by atoms with Crippen molar-refractivity contribution in [3.05, 3.63) is 35.4 Å². The van der Waals surface area contributed by atoms with E-state index in [-0.39, 0.29) is 0 Å². The van der Waals surface area contributed by atoms with Gasteiger partial charge in [0.2, 0.25) is 0 Å². The first-order chi connectivity index (χ1) is 9.49. The predicted octanol–water partition coefficient (Wildman–Crippen LogP) is 2.83. The van der Waals surface area contributed by atoms with E-state index in [0.717, 1.165) is 24.3 Å². The Balaban J connectivity index is 2.65. The molecule has 2 rings (SSSR count). The lowest BCUT2D eigenvalue weighted by molar-refractivity contribution is -0.436. The molecule has 0 amide bonds. The van der Waals surface area contributed by atoms with Crippen LogP contribution in [-0.2, 0) is 9.47 Å². The van der Waals surface area contributed by atoms with E-state index in [9.17, 15) is 35.9 Å². The molecule has 4 nitrogen and oxygen atoms in total. The summed E-state index contributed by atoms with van der Waals surface area (Å²) in [5, 5.41) is 0. The van der Waals surface area contributed by atoms with Crippen molar-refractivity contribution in [1.82, 2.24) is 0 Å². The zero-order chi connectivity index (χ0) is 16.1. The third-order valence-electron chi connectivity index (χ3n) is 2.59. The molecule has 0 aromatic heterocycles. The Labute approximate surface area is 112 Å². The van der Waals surface area contributed by atoms with Crippen molar-refractivity contribution in [2.24, 2.45) is 0 Å². The van der Waals surface area contributed by atoms with Gasteiger partial charge in [-0.1, -0.05) is 12.1 Å². The molecule has 0 fully saturated rings. The first-order valence-corrected chi connectivity index (χ1v) is 5.19. The first-order valence-electron chi connectivity index (χ1n) is 5.19. The third kappa shape index (κ3) is 2.20. The number of alkyl halides is 6. The Morgan fingerprint density at radius 2 is 1.10 bits per heavy atom. The van der Waals surface area contributed by atoms with Crippen LogP contribution in [0.25, 0.3) is 0 Å². The number of carbonyl (C=O) groups excluding carboxylic acids is 2. The average Bonchev–Trinajstić information content (AvgIpc) is 2.45. The monoisotopic (exact) mass is 314 g/mol. The molecular weight excluding hydrogens is 310 g/mol. The third-order valence-corrected chi connectivity index (χ3v) is 2.59. The molecule has 114 valence electrons. The summed E-state index contributed by atoms with van der Waals surface area (Å²) in [6, 6.07) is 3.98. The fourth-order valence-electron chi connectivity index (χ4n) is 1.62. The lowest BCUT2D eigenvalue weighted by Gasteiger charge is -2.33. The molecule has 0 aliphatic carbocycles. The van der Waals surface area contributed by atoms with E-state index < -0.39 is 41.2 Å². The largest absolute Gasteiger partial charge is 0.478 e. The van der Waals surface area contributed by atoms with Gasteiger partial charge >= 0.3 is 30.1 Å². The quantitative estimate of drug-likeness (QED) is 0.546. The van der Waals surface area contributed by atoms with E-state index in [2.05, 4.69) is 9.47 Å². The van der Waals surface area contributed by atoms with Gasteiger partial charge in [-0.05, 0) is 12.1 Å². The van der Waals surface area contributed by atoms with Gasteiger partial charge in [0.25, 0.3) is 0 Å². The Hall–Kier alpha value is -2.26. The van der Waals surface area contributed by atoms with Crippen LogP contribution >= 0.6 is 0 Å². The van der Waals surface area contributed by atoms with Crippen LogP contribution in [-0.4, -0.2) is 30.1 Å². The summed E-state index contributed by atoms with van der Waals surface area (Å²) in [4.78, 5) is 23.0. The van der Waals surface area contributed by atoms with Crippen molar-refractivity contribution >= 4 is 11.9 Å². The molecule has 0 saturated carbocycles. The first kappa shape index (κ1) is 15.1. The van der Waals surface area contributed by atoms with E-state index in [1.54, 1.807) is 0 Å². The highest BCUT2D eigenvalue weighted by Gasteiger charge is 2.79. The highest BCUT2D eigenvalue weighted by Crippen LogP contribution is 2.48. The number of halogens is 6. The van der Waals surface area contributed by atoms with Crippen molar-refractivity contribution < 1.29 is 45.4 Å². The van der Waals surface area contributed by atoms with E-state index in [1.807, 2.05) is 0 Å². The van der Waals surface area contributed by atoms with E-state index >= 15 is 0 Å². The minimum Gasteiger partial charge on any atom is -0.403 e. The molecule has 10 heteroatoms. The second kappa shape index (κ2) is 4.37. The fraction of sp³-hybridized carbons (Fsp3) is 0.273. The maximum atomic E-state index is 12.8. The number of ether oxygens (including phenoxy) is 2. The Kier molecular flexibility index (Phi) is 3.15.